The fraction of sp³-hybridized carbons (Fsp3) is 0.722. The maximum absolute atomic E-state index is 13.1. The standard InChI is InChI=1S/C18H29N3O3S2.ClH/c1-18(2)13-20(7-5-16(18)19)11-17(22)21(10-15-4-3-8-25-15)14-6-9-26(23,24)12-14;/h3-4,8,14,16H,5-7,9-13,19H2,1-2H3;1H. The van der Waals surface area contributed by atoms with E-state index in [9.17, 15) is 13.2 Å². The van der Waals surface area contributed by atoms with E-state index in [-0.39, 0.29) is 47.3 Å². The van der Waals surface area contributed by atoms with Gasteiger partial charge in [0.15, 0.2) is 9.84 Å². The summed E-state index contributed by atoms with van der Waals surface area (Å²) < 4.78 is 23.8. The fourth-order valence-electron chi connectivity index (χ4n) is 3.91. The van der Waals surface area contributed by atoms with Crippen LogP contribution < -0.4 is 5.73 Å². The van der Waals surface area contributed by atoms with Crippen molar-refractivity contribution in [3.63, 3.8) is 0 Å². The summed E-state index contributed by atoms with van der Waals surface area (Å²) in [5.41, 5.74) is 6.18. The monoisotopic (exact) mass is 435 g/mol. The Morgan fingerprint density at radius 1 is 1.41 bits per heavy atom. The number of thiophene rings is 1. The highest BCUT2D eigenvalue weighted by molar-refractivity contribution is 7.91. The highest BCUT2D eigenvalue weighted by Gasteiger charge is 2.37. The quantitative estimate of drug-likeness (QED) is 0.761. The first-order valence-electron chi connectivity index (χ1n) is 9.16. The van der Waals surface area contributed by atoms with Crippen LogP contribution in [0.2, 0.25) is 0 Å². The van der Waals surface area contributed by atoms with Gasteiger partial charge in [-0.3, -0.25) is 9.69 Å². The zero-order chi connectivity index (χ0) is 18.9. The van der Waals surface area contributed by atoms with Crippen LogP contribution in [0, 0.1) is 5.41 Å². The number of amides is 1. The summed E-state index contributed by atoms with van der Waals surface area (Å²) in [6.45, 7) is 6.70. The Hall–Kier alpha value is -0.670. The second kappa shape index (κ2) is 8.78. The summed E-state index contributed by atoms with van der Waals surface area (Å²) in [6, 6.07) is 3.89. The smallest absolute Gasteiger partial charge is 0.237 e. The maximum Gasteiger partial charge on any atom is 0.237 e. The molecule has 0 saturated carbocycles. The first-order valence-corrected chi connectivity index (χ1v) is 11.9. The lowest BCUT2D eigenvalue weighted by Gasteiger charge is -2.43. The van der Waals surface area contributed by atoms with E-state index in [0.717, 1.165) is 24.4 Å². The molecule has 2 atom stereocenters. The van der Waals surface area contributed by atoms with E-state index in [4.69, 9.17) is 5.73 Å². The normalized spacial score (nSPS) is 27.1. The molecule has 2 fully saturated rings. The molecule has 0 spiro atoms. The molecule has 1 amide bonds. The number of carbonyl (C=O) groups excluding carboxylic acids is 1. The van der Waals surface area contributed by atoms with Gasteiger partial charge in [0.05, 0.1) is 24.6 Å². The lowest BCUT2D eigenvalue weighted by Crippen LogP contribution is -2.55. The molecule has 2 N–H and O–H groups in total. The molecule has 2 unspecified atom stereocenters. The summed E-state index contributed by atoms with van der Waals surface area (Å²) in [6.07, 6.45) is 1.42. The molecule has 0 aliphatic carbocycles. The molecule has 2 saturated heterocycles. The number of carbonyl (C=O) groups is 1. The predicted octanol–water partition coefficient (Wildman–Crippen LogP) is 1.74. The van der Waals surface area contributed by atoms with Crippen LogP contribution in [0.3, 0.4) is 0 Å². The molecule has 6 nitrogen and oxygen atoms in total. The van der Waals surface area contributed by atoms with Gasteiger partial charge in [0.25, 0.3) is 0 Å². The Labute approximate surface area is 172 Å². The predicted molar refractivity (Wildman–Crippen MR) is 112 cm³/mol. The second-order valence-corrected chi connectivity index (χ2v) is 11.5. The topological polar surface area (TPSA) is 83.7 Å². The molecule has 154 valence electrons. The van der Waals surface area contributed by atoms with Crippen LogP contribution in [0.5, 0.6) is 0 Å². The van der Waals surface area contributed by atoms with Crippen molar-refractivity contribution < 1.29 is 13.2 Å². The average molecular weight is 436 g/mol. The number of nitrogens with two attached hydrogens (primary N) is 1. The third-order valence-electron chi connectivity index (χ3n) is 5.63. The minimum Gasteiger partial charge on any atom is -0.332 e. The minimum absolute atomic E-state index is 0. The summed E-state index contributed by atoms with van der Waals surface area (Å²) in [7, 11) is -3.03. The lowest BCUT2D eigenvalue weighted by atomic mass is 9.80. The van der Waals surface area contributed by atoms with E-state index in [1.807, 2.05) is 17.5 Å². The molecule has 9 heteroatoms. The van der Waals surface area contributed by atoms with Gasteiger partial charge in [-0.1, -0.05) is 19.9 Å². The van der Waals surface area contributed by atoms with E-state index in [1.165, 1.54) is 0 Å². The molecular weight excluding hydrogens is 406 g/mol. The molecule has 3 heterocycles. The van der Waals surface area contributed by atoms with Gasteiger partial charge < -0.3 is 10.6 Å². The van der Waals surface area contributed by atoms with Gasteiger partial charge in [0.1, 0.15) is 0 Å². The molecule has 0 radical (unpaired) electrons. The Bertz CT molecular complexity index is 737. The van der Waals surface area contributed by atoms with Crippen LogP contribution in [0.4, 0.5) is 0 Å². The first-order chi connectivity index (χ1) is 12.2. The van der Waals surface area contributed by atoms with Crippen LogP contribution in [-0.2, 0) is 21.2 Å². The fourth-order valence-corrected chi connectivity index (χ4v) is 6.35. The maximum atomic E-state index is 13.1. The largest absolute Gasteiger partial charge is 0.332 e. The number of nitrogens with zero attached hydrogens (tertiary/aromatic N) is 2. The molecule has 0 aromatic carbocycles. The van der Waals surface area contributed by atoms with E-state index in [2.05, 4.69) is 18.7 Å². The number of hydrogen-bond acceptors (Lipinski definition) is 6. The van der Waals surface area contributed by atoms with Crippen LogP contribution in [0.25, 0.3) is 0 Å². The van der Waals surface area contributed by atoms with Gasteiger partial charge in [-0.2, -0.15) is 0 Å². The van der Waals surface area contributed by atoms with Crippen LogP contribution in [-0.4, -0.2) is 67.3 Å². The van der Waals surface area contributed by atoms with Crippen molar-refractivity contribution in [3.05, 3.63) is 22.4 Å². The van der Waals surface area contributed by atoms with Gasteiger partial charge in [0.2, 0.25) is 5.91 Å². The Balaban J connectivity index is 0.00000261. The van der Waals surface area contributed by atoms with Crippen molar-refractivity contribution >= 4 is 39.5 Å². The number of hydrogen-bond donors (Lipinski definition) is 1. The third kappa shape index (κ3) is 5.67. The van der Waals surface area contributed by atoms with Crippen molar-refractivity contribution in [1.82, 2.24) is 9.80 Å². The van der Waals surface area contributed by atoms with Crippen LogP contribution in [0.15, 0.2) is 17.5 Å². The number of piperidine rings is 1. The highest BCUT2D eigenvalue weighted by Crippen LogP contribution is 2.28. The van der Waals surface area contributed by atoms with E-state index < -0.39 is 9.84 Å². The van der Waals surface area contributed by atoms with E-state index in [0.29, 0.717) is 19.5 Å². The summed E-state index contributed by atoms with van der Waals surface area (Å²) in [4.78, 5) is 18.1. The zero-order valence-electron chi connectivity index (χ0n) is 16.0. The van der Waals surface area contributed by atoms with Gasteiger partial charge in [0, 0.05) is 30.1 Å². The van der Waals surface area contributed by atoms with Crippen molar-refractivity contribution in [3.8, 4) is 0 Å². The molecule has 1 aromatic heterocycles. The number of rotatable bonds is 5. The number of likely N-dealkylation sites (tertiary alicyclic amines) is 1. The Morgan fingerprint density at radius 2 is 2.15 bits per heavy atom. The van der Waals surface area contributed by atoms with Gasteiger partial charge >= 0.3 is 0 Å². The van der Waals surface area contributed by atoms with E-state index in [1.54, 1.807) is 16.2 Å². The molecule has 2 aliphatic heterocycles. The Morgan fingerprint density at radius 3 is 2.70 bits per heavy atom. The molecule has 2 aliphatic rings. The lowest BCUT2D eigenvalue weighted by molar-refractivity contribution is -0.135. The van der Waals surface area contributed by atoms with Crippen LogP contribution >= 0.6 is 23.7 Å². The van der Waals surface area contributed by atoms with E-state index >= 15 is 0 Å². The summed E-state index contributed by atoms with van der Waals surface area (Å²) in [5, 5.41) is 1.98. The molecule has 27 heavy (non-hydrogen) atoms. The van der Waals surface area contributed by atoms with Gasteiger partial charge in [-0.25, -0.2) is 8.42 Å². The van der Waals surface area contributed by atoms with Crippen LogP contribution in [0.1, 0.15) is 31.6 Å². The second-order valence-electron chi connectivity index (χ2n) is 8.25. The number of sulfone groups is 1. The SMILES string of the molecule is CC1(C)CN(CC(=O)N(Cc2cccs2)C2CCS(=O)(=O)C2)CCC1N.Cl. The zero-order valence-corrected chi connectivity index (χ0v) is 18.4. The average Bonchev–Trinajstić information content (AvgIpc) is 3.17. The molecular formula is C18H30ClN3O3S2. The minimum atomic E-state index is -3.03. The first kappa shape index (κ1) is 22.6. The van der Waals surface area contributed by atoms with Crippen molar-refractivity contribution in [2.45, 2.75) is 45.3 Å². The number of halogens is 1. The summed E-state index contributed by atoms with van der Waals surface area (Å²) >= 11 is 1.60. The molecule has 0 bridgehead atoms. The van der Waals surface area contributed by atoms with Crippen molar-refractivity contribution in [2.24, 2.45) is 11.1 Å². The Kier molecular flexibility index (Phi) is 7.35. The molecule has 3 rings (SSSR count). The van der Waals surface area contributed by atoms with Crippen molar-refractivity contribution in [1.29, 1.82) is 0 Å². The van der Waals surface area contributed by atoms with Crippen molar-refractivity contribution in [2.75, 3.05) is 31.1 Å². The van der Waals surface area contributed by atoms with Gasteiger partial charge in [-0.05, 0) is 29.7 Å². The third-order valence-corrected chi connectivity index (χ3v) is 8.24. The summed E-state index contributed by atoms with van der Waals surface area (Å²) in [5.74, 6) is 0.282. The molecule has 1 aromatic rings. The highest BCUT2D eigenvalue weighted by atomic mass is 35.5. The van der Waals surface area contributed by atoms with Gasteiger partial charge in [-0.15, -0.1) is 23.7 Å².